The summed E-state index contributed by atoms with van der Waals surface area (Å²) in [4.78, 5) is 0. The molecular formula is C23H44O5. The SMILES string of the molecule is CCCCCCCCCC/C=C/CCCCCO[C@H]1[C@@H]([C@H](O)CO)OC[C@@H]1O. The van der Waals surface area contributed by atoms with E-state index in [1.54, 1.807) is 0 Å². The summed E-state index contributed by atoms with van der Waals surface area (Å²) >= 11 is 0. The Hall–Kier alpha value is -0.460. The van der Waals surface area contributed by atoms with Gasteiger partial charge in [-0.25, -0.2) is 0 Å². The largest absolute Gasteiger partial charge is 0.394 e. The molecule has 0 spiro atoms. The molecule has 0 bridgehead atoms. The second-order valence-corrected chi connectivity index (χ2v) is 8.03. The van der Waals surface area contributed by atoms with Gasteiger partial charge in [-0.15, -0.1) is 0 Å². The highest BCUT2D eigenvalue weighted by atomic mass is 16.6. The van der Waals surface area contributed by atoms with Gasteiger partial charge < -0.3 is 24.8 Å². The lowest BCUT2D eigenvalue weighted by atomic mass is 10.1. The molecule has 1 aliphatic heterocycles. The molecule has 28 heavy (non-hydrogen) atoms. The van der Waals surface area contributed by atoms with Crippen LogP contribution in [-0.4, -0.2) is 59.6 Å². The topological polar surface area (TPSA) is 79.2 Å². The molecule has 5 nitrogen and oxygen atoms in total. The summed E-state index contributed by atoms with van der Waals surface area (Å²) in [5.74, 6) is 0. The van der Waals surface area contributed by atoms with Gasteiger partial charge in [-0.3, -0.25) is 0 Å². The fraction of sp³-hybridized carbons (Fsp3) is 0.913. The van der Waals surface area contributed by atoms with E-state index in [9.17, 15) is 10.2 Å². The molecule has 0 unspecified atom stereocenters. The van der Waals surface area contributed by atoms with Crippen molar-refractivity contribution in [1.82, 2.24) is 0 Å². The molecule has 166 valence electrons. The van der Waals surface area contributed by atoms with Crippen LogP contribution in [0.1, 0.15) is 90.4 Å². The van der Waals surface area contributed by atoms with E-state index in [4.69, 9.17) is 14.6 Å². The summed E-state index contributed by atoms with van der Waals surface area (Å²) in [5, 5.41) is 28.6. The normalized spacial score (nSPS) is 23.6. The van der Waals surface area contributed by atoms with Gasteiger partial charge in [0, 0.05) is 6.61 Å². The molecule has 3 N–H and O–H groups in total. The van der Waals surface area contributed by atoms with Crippen molar-refractivity contribution < 1.29 is 24.8 Å². The van der Waals surface area contributed by atoms with Crippen LogP contribution in [0.25, 0.3) is 0 Å². The highest BCUT2D eigenvalue weighted by Crippen LogP contribution is 2.21. The summed E-state index contributed by atoms with van der Waals surface area (Å²) in [6.07, 6.45) is 18.1. The first-order valence-electron chi connectivity index (χ1n) is 11.6. The smallest absolute Gasteiger partial charge is 0.114 e. The molecule has 0 amide bonds. The lowest BCUT2D eigenvalue weighted by Gasteiger charge is -2.23. The Balaban J connectivity index is 1.90. The van der Waals surface area contributed by atoms with Crippen molar-refractivity contribution >= 4 is 0 Å². The van der Waals surface area contributed by atoms with Crippen molar-refractivity contribution in [2.45, 2.75) is 115 Å². The van der Waals surface area contributed by atoms with E-state index in [-0.39, 0.29) is 13.2 Å². The molecule has 0 saturated carbocycles. The van der Waals surface area contributed by atoms with Crippen LogP contribution >= 0.6 is 0 Å². The number of aliphatic hydroxyl groups excluding tert-OH is 3. The number of ether oxygens (including phenoxy) is 2. The maximum Gasteiger partial charge on any atom is 0.114 e. The Bertz CT molecular complexity index is 374. The van der Waals surface area contributed by atoms with Gasteiger partial charge >= 0.3 is 0 Å². The Labute approximate surface area is 172 Å². The van der Waals surface area contributed by atoms with Crippen molar-refractivity contribution in [3.63, 3.8) is 0 Å². The van der Waals surface area contributed by atoms with Crippen molar-refractivity contribution in [3.05, 3.63) is 12.2 Å². The van der Waals surface area contributed by atoms with Crippen LogP contribution in [0, 0.1) is 0 Å². The average molecular weight is 401 g/mol. The molecule has 1 heterocycles. The third-order valence-electron chi connectivity index (χ3n) is 5.45. The first-order valence-corrected chi connectivity index (χ1v) is 11.6. The first-order chi connectivity index (χ1) is 13.7. The predicted molar refractivity (Wildman–Crippen MR) is 113 cm³/mol. The minimum Gasteiger partial charge on any atom is -0.394 e. The molecule has 1 fully saturated rings. The van der Waals surface area contributed by atoms with Gasteiger partial charge in [-0.05, 0) is 32.1 Å². The minimum absolute atomic E-state index is 0.149. The van der Waals surface area contributed by atoms with E-state index in [1.807, 2.05) is 0 Å². The number of allylic oxidation sites excluding steroid dienone is 2. The molecule has 0 aromatic heterocycles. The summed E-state index contributed by atoms with van der Waals surface area (Å²) in [7, 11) is 0. The van der Waals surface area contributed by atoms with Gasteiger partial charge in [0.05, 0.1) is 13.2 Å². The molecule has 1 aliphatic rings. The summed E-state index contributed by atoms with van der Waals surface area (Å²) in [5.41, 5.74) is 0. The van der Waals surface area contributed by atoms with Gasteiger partial charge in [0.1, 0.15) is 24.4 Å². The van der Waals surface area contributed by atoms with Crippen molar-refractivity contribution in [3.8, 4) is 0 Å². The third-order valence-corrected chi connectivity index (χ3v) is 5.45. The Morgan fingerprint density at radius 1 is 0.929 bits per heavy atom. The van der Waals surface area contributed by atoms with Crippen molar-refractivity contribution in [2.24, 2.45) is 0 Å². The predicted octanol–water partition coefficient (Wildman–Crippen LogP) is 4.13. The molecule has 0 radical (unpaired) electrons. The summed E-state index contributed by atoms with van der Waals surface area (Å²) < 4.78 is 11.0. The molecule has 0 aromatic rings. The van der Waals surface area contributed by atoms with Crippen LogP contribution < -0.4 is 0 Å². The fourth-order valence-electron chi connectivity index (χ4n) is 3.65. The maximum absolute atomic E-state index is 9.88. The highest BCUT2D eigenvalue weighted by molar-refractivity contribution is 4.89. The highest BCUT2D eigenvalue weighted by Gasteiger charge is 2.40. The molecular weight excluding hydrogens is 356 g/mol. The van der Waals surface area contributed by atoms with Crippen molar-refractivity contribution in [1.29, 1.82) is 0 Å². The van der Waals surface area contributed by atoms with Crippen LogP contribution in [0.3, 0.4) is 0 Å². The zero-order valence-corrected chi connectivity index (χ0v) is 17.9. The number of hydrogen-bond donors (Lipinski definition) is 3. The minimum atomic E-state index is -1.01. The first kappa shape index (κ1) is 25.6. The molecule has 5 heteroatoms. The quantitative estimate of drug-likeness (QED) is 0.238. The third kappa shape index (κ3) is 11.5. The van der Waals surface area contributed by atoms with E-state index in [0.29, 0.717) is 6.61 Å². The van der Waals surface area contributed by atoms with Gasteiger partial charge in [-0.2, -0.15) is 0 Å². The van der Waals surface area contributed by atoms with Crippen LogP contribution in [0.15, 0.2) is 12.2 Å². The van der Waals surface area contributed by atoms with Gasteiger partial charge in [0.15, 0.2) is 0 Å². The van der Waals surface area contributed by atoms with E-state index in [0.717, 1.165) is 25.7 Å². The standard InChI is InChI=1S/C23H44O5/c1-2-3-4-5-6-7-8-9-10-11-12-13-14-15-16-17-27-23-21(26)19-28-22(23)20(25)18-24/h11-12,20-26H,2-10,13-19H2,1H3/b12-11+/t20-,21+,22-,23-/m1/s1. The van der Waals surface area contributed by atoms with E-state index in [2.05, 4.69) is 19.1 Å². The number of aliphatic hydroxyl groups is 3. The number of hydrogen-bond acceptors (Lipinski definition) is 5. The Morgan fingerprint density at radius 3 is 2.11 bits per heavy atom. The van der Waals surface area contributed by atoms with E-state index < -0.39 is 24.4 Å². The second kappa shape index (κ2) is 17.4. The molecule has 1 rings (SSSR count). The Kier molecular flexibility index (Phi) is 15.9. The fourth-order valence-corrected chi connectivity index (χ4v) is 3.65. The average Bonchev–Trinajstić information content (AvgIpc) is 3.07. The van der Waals surface area contributed by atoms with Crippen molar-refractivity contribution in [2.75, 3.05) is 19.8 Å². The number of rotatable bonds is 18. The number of unbranched alkanes of at least 4 members (excludes halogenated alkanes) is 11. The lowest BCUT2D eigenvalue weighted by molar-refractivity contribution is -0.0937. The van der Waals surface area contributed by atoms with E-state index in [1.165, 1.54) is 57.8 Å². The van der Waals surface area contributed by atoms with Gasteiger partial charge in [0.25, 0.3) is 0 Å². The summed E-state index contributed by atoms with van der Waals surface area (Å²) in [6.45, 7) is 2.57. The maximum atomic E-state index is 9.88. The molecule has 1 saturated heterocycles. The van der Waals surface area contributed by atoms with Gasteiger partial charge in [0.2, 0.25) is 0 Å². The van der Waals surface area contributed by atoms with E-state index >= 15 is 0 Å². The lowest BCUT2D eigenvalue weighted by Crippen LogP contribution is -2.42. The van der Waals surface area contributed by atoms with Crippen LogP contribution in [0.5, 0.6) is 0 Å². The van der Waals surface area contributed by atoms with Crippen LogP contribution in [-0.2, 0) is 9.47 Å². The Morgan fingerprint density at radius 2 is 1.50 bits per heavy atom. The summed E-state index contributed by atoms with van der Waals surface area (Å²) in [6, 6.07) is 0. The molecule has 0 aliphatic carbocycles. The zero-order chi connectivity index (χ0) is 20.5. The monoisotopic (exact) mass is 400 g/mol. The second-order valence-electron chi connectivity index (χ2n) is 8.03. The van der Waals surface area contributed by atoms with Gasteiger partial charge in [-0.1, -0.05) is 70.4 Å². The zero-order valence-electron chi connectivity index (χ0n) is 17.9. The molecule has 0 aromatic carbocycles. The van der Waals surface area contributed by atoms with Crippen LogP contribution in [0.4, 0.5) is 0 Å². The van der Waals surface area contributed by atoms with Crippen LogP contribution in [0.2, 0.25) is 0 Å². The molecule has 4 atom stereocenters.